The maximum absolute atomic E-state index is 10.6. The molecule has 0 aromatic rings. The van der Waals surface area contributed by atoms with E-state index in [9.17, 15) is 15.0 Å². The summed E-state index contributed by atoms with van der Waals surface area (Å²) in [6, 6.07) is 0. The minimum absolute atomic E-state index is 0.0398. The van der Waals surface area contributed by atoms with Crippen LogP contribution in [0.15, 0.2) is 16.4 Å². The molecule has 0 amide bonds. The zero-order chi connectivity index (χ0) is 15.2. The lowest BCUT2D eigenvalue weighted by atomic mass is 9.85. The second-order valence-corrected chi connectivity index (χ2v) is 4.55. The molecule has 0 bridgehead atoms. The molecule has 8 nitrogen and oxygen atoms in total. The number of hydrogen-bond acceptors (Lipinski definition) is 7. The molecule has 1 rings (SSSR count). The van der Waals surface area contributed by atoms with E-state index in [2.05, 4.69) is 10.3 Å². The fourth-order valence-electron chi connectivity index (χ4n) is 2.03. The van der Waals surface area contributed by atoms with Gasteiger partial charge in [-0.05, 0) is 0 Å². The number of aliphatic imine (C=N–C) groups is 1. The monoisotopic (exact) mass is 288 g/mol. The summed E-state index contributed by atoms with van der Waals surface area (Å²) >= 11 is 0. The minimum Gasteiger partial charge on any atom is -0.493 e. The highest BCUT2D eigenvalue weighted by atomic mass is 16.5. The van der Waals surface area contributed by atoms with Crippen LogP contribution in [0, 0.1) is 0 Å². The number of carboxylic acid groups (broad SMARTS) is 1. The molecule has 5 N–H and O–H groups in total. The first kappa shape index (κ1) is 16.4. The van der Waals surface area contributed by atoms with E-state index in [-0.39, 0.29) is 32.5 Å². The van der Waals surface area contributed by atoms with Crippen LogP contribution in [0.5, 0.6) is 0 Å². The summed E-state index contributed by atoms with van der Waals surface area (Å²) in [5.74, 6) is -0.710. The normalized spacial score (nSPS) is 24.9. The van der Waals surface area contributed by atoms with Crippen LogP contribution >= 0.6 is 0 Å². The summed E-state index contributed by atoms with van der Waals surface area (Å²) in [7, 11) is 1.41. The molecular formula is C12H20N2O6. The van der Waals surface area contributed by atoms with E-state index in [1.807, 2.05) is 0 Å². The van der Waals surface area contributed by atoms with Crippen LogP contribution in [0.1, 0.15) is 12.8 Å². The molecule has 0 heterocycles. The van der Waals surface area contributed by atoms with E-state index < -0.39 is 18.2 Å². The van der Waals surface area contributed by atoms with Crippen LogP contribution in [0.4, 0.5) is 0 Å². The highest BCUT2D eigenvalue weighted by molar-refractivity contribution is 6.00. The van der Waals surface area contributed by atoms with Crippen molar-refractivity contribution in [1.29, 1.82) is 0 Å². The molecule has 0 saturated carbocycles. The molecule has 8 heteroatoms. The van der Waals surface area contributed by atoms with Crippen molar-refractivity contribution < 1.29 is 30.0 Å². The lowest BCUT2D eigenvalue weighted by Gasteiger charge is -2.33. The van der Waals surface area contributed by atoms with Gasteiger partial charge in [-0.15, -0.1) is 0 Å². The number of aliphatic hydroxyl groups excluding tert-OH is 2. The number of nitrogens with one attached hydrogen (secondary N) is 1. The van der Waals surface area contributed by atoms with Crippen LogP contribution in [-0.2, 0) is 9.53 Å². The first-order valence-corrected chi connectivity index (χ1v) is 6.16. The van der Waals surface area contributed by atoms with Crippen molar-refractivity contribution >= 4 is 11.7 Å². The average molecular weight is 288 g/mol. The molecule has 1 aliphatic rings. The Labute approximate surface area is 116 Å². The molecule has 0 fully saturated rings. The number of ether oxygens (including phenoxy) is 1. The summed E-state index contributed by atoms with van der Waals surface area (Å²) in [4.78, 5) is 14.7. The Morgan fingerprint density at radius 1 is 1.45 bits per heavy atom. The first-order valence-electron chi connectivity index (χ1n) is 6.16. The Hall–Kier alpha value is -1.64. The number of rotatable bonds is 7. The Bertz CT molecular complexity index is 420. The van der Waals surface area contributed by atoms with Crippen molar-refractivity contribution in [2.45, 2.75) is 18.4 Å². The van der Waals surface area contributed by atoms with Gasteiger partial charge in [0.2, 0.25) is 0 Å². The standard InChI is InChI=1S/C12H20N2O6/c1-20-11-8(13-2-3-15)4-12(19,7-16)5-9(11)14-6-10(17)18/h14-16,19H,2-7H2,1H3,(H,17,18)/b13-8+. The van der Waals surface area contributed by atoms with E-state index in [1.165, 1.54) is 7.11 Å². The van der Waals surface area contributed by atoms with E-state index >= 15 is 0 Å². The van der Waals surface area contributed by atoms with E-state index in [0.29, 0.717) is 17.2 Å². The SMILES string of the molecule is COC1=C(NCC(=O)O)CC(O)(CO)C/C1=N\CCO. The predicted octanol–water partition coefficient (Wildman–Crippen LogP) is -1.53. The van der Waals surface area contributed by atoms with Gasteiger partial charge >= 0.3 is 5.97 Å². The van der Waals surface area contributed by atoms with Gasteiger partial charge in [-0.25, -0.2) is 0 Å². The minimum atomic E-state index is -1.42. The summed E-state index contributed by atoms with van der Waals surface area (Å²) in [6.07, 6.45) is 0.114. The fourth-order valence-corrected chi connectivity index (χ4v) is 2.03. The molecule has 0 radical (unpaired) electrons. The van der Waals surface area contributed by atoms with Gasteiger partial charge in [0.1, 0.15) is 6.54 Å². The quantitative estimate of drug-likeness (QED) is 0.384. The van der Waals surface area contributed by atoms with Crippen LogP contribution in [-0.4, -0.2) is 71.1 Å². The van der Waals surface area contributed by atoms with Gasteiger partial charge in [0.05, 0.1) is 43.9 Å². The highest BCUT2D eigenvalue weighted by Crippen LogP contribution is 2.30. The van der Waals surface area contributed by atoms with Crippen molar-refractivity contribution in [3.05, 3.63) is 11.5 Å². The van der Waals surface area contributed by atoms with Gasteiger partial charge in [0.25, 0.3) is 0 Å². The lowest BCUT2D eigenvalue weighted by Crippen LogP contribution is -2.44. The van der Waals surface area contributed by atoms with Crippen LogP contribution in [0.2, 0.25) is 0 Å². The Morgan fingerprint density at radius 3 is 2.65 bits per heavy atom. The molecule has 1 atom stereocenters. The number of aliphatic hydroxyl groups is 3. The number of hydrogen-bond donors (Lipinski definition) is 5. The van der Waals surface area contributed by atoms with Crippen LogP contribution in [0.3, 0.4) is 0 Å². The molecule has 0 aliphatic heterocycles. The molecule has 20 heavy (non-hydrogen) atoms. The second kappa shape index (κ2) is 7.22. The topological polar surface area (TPSA) is 132 Å². The molecule has 0 spiro atoms. The van der Waals surface area contributed by atoms with Crippen molar-refractivity contribution in [2.24, 2.45) is 4.99 Å². The number of carboxylic acids is 1. The van der Waals surface area contributed by atoms with Crippen molar-refractivity contribution in [1.82, 2.24) is 5.32 Å². The molecule has 114 valence electrons. The number of methoxy groups -OCH3 is 1. The third-order valence-corrected chi connectivity index (χ3v) is 2.89. The van der Waals surface area contributed by atoms with Gasteiger partial charge in [-0.2, -0.15) is 0 Å². The maximum atomic E-state index is 10.6. The smallest absolute Gasteiger partial charge is 0.322 e. The van der Waals surface area contributed by atoms with Gasteiger partial charge in [-0.1, -0.05) is 0 Å². The summed E-state index contributed by atoms with van der Waals surface area (Å²) in [6.45, 7) is -0.844. The summed E-state index contributed by atoms with van der Waals surface area (Å²) in [5, 5.41) is 39.7. The third kappa shape index (κ3) is 4.19. The fraction of sp³-hybridized carbons (Fsp3) is 0.667. The molecule has 1 aliphatic carbocycles. The van der Waals surface area contributed by atoms with Crippen molar-refractivity contribution in [2.75, 3.05) is 33.4 Å². The van der Waals surface area contributed by atoms with Crippen molar-refractivity contribution in [3.8, 4) is 0 Å². The van der Waals surface area contributed by atoms with E-state index in [4.69, 9.17) is 14.9 Å². The lowest BCUT2D eigenvalue weighted by molar-refractivity contribution is -0.135. The molecule has 1 unspecified atom stereocenters. The van der Waals surface area contributed by atoms with Gasteiger partial charge in [0.15, 0.2) is 5.76 Å². The maximum Gasteiger partial charge on any atom is 0.322 e. The number of allylic oxidation sites excluding steroid dienone is 1. The zero-order valence-electron chi connectivity index (χ0n) is 11.3. The van der Waals surface area contributed by atoms with Gasteiger partial charge < -0.3 is 30.5 Å². The average Bonchev–Trinajstić information content (AvgIpc) is 2.42. The van der Waals surface area contributed by atoms with Crippen LogP contribution in [0.25, 0.3) is 0 Å². The van der Waals surface area contributed by atoms with E-state index in [1.54, 1.807) is 0 Å². The van der Waals surface area contributed by atoms with Gasteiger partial charge in [-0.3, -0.25) is 9.79 Å². The Kier molecular flexibility index (Phi) is 5.93. The zero-order valence-corrected chi connectivity index (χ0v) is 11.3. The number of aliphatic carboxylic acids is 1. The Balaban J connectivity index is 3.08. The predicted molar refractivity (Wildman–Crippen MR) is 70.3 cm³/mol. The molecular weight excluding hydrogens is 268 g/mol. The third-order valence-electron chi connectivity index (χ3n) is 2.89. The molecule has 0 saturated heterocycles. The van der Waals surface area contributed by atoms with Gasteiger partial charge in [0, 0.05) is 12.8 Å². The largest absolute Gasteiger partial charge is 0.493 e. The molecule has 0 aromatic carbocycles. The second-order valence-electron chi connectivity index (χ2n) is 4.55. The van der Waals surface area contributed by atoms with E-state index in [0.717, 1.165) is 0 Å². The number of carbonyl (C=O) groups is 1. The highest BCUT2D eigenvalue weighted by Gasteiger charge is 2.37. The summed E-state index contributed by atoms with van der Waals surface area (Å²) in [5.41, 5.74) is -0.663. The summed E-state index contributed by atoms with van der Waals surface area (Å²) < 4.78 is 5.20. The number of nitrogens with zero attached hydrogens (tertiary/aromatic N) is 1. The Morgan fingerprint density at radius 2 is 2.15 bits per heavy atom. The van der Waals surface area contributed by atoms with Crippen LogP contribution < -0.4 is 5.32 Å². The van der Waals surface area contributed by atoms with Crippen molar-refractivity contribution in [3.63, 3.8) is 0 Å². The molecule has 0 aromatic heterocycles. The first-order chi connectivity index (χ1) is 9.45.